The van der Waals surface area contributed by atoms with Gasteiger partial charge in [0.05, 0.1) is 19.8 Å². The van der Waals surface area contributed by atoms with Gasteiger partial charge in [-0.2, -0.15) is 0 Å². The van der Waals surface area contributed by atoms with Gasteiger partial charge >= 0.3 is 0 Å². The van der Waals surface area contributed by atoms with Crippen LogP contribution in [0.2, 0.25) is 0 Å². The molecule has 1 aromatic heterocycles. The number of hydrogen-bond donors (Lipinski definition) is 2. The van der Waals surface area contributed by atoms with Gasteiger partial charge in [-0.25, -0.2) is 0 Å². The highest BCUT2D eigenvalue weighted by atomic mass is 16.5. The molecule has 4 aromatic rings. The first-order valence-electron chi connectivity index (χ1n) is 13.5. The molecule has 2 N–H and O–H groups in total. The van der Waals surface area contributed by atoms with Gasteiger partial charge in [-0.1, -0.05) is 36.4 Å². The van der Waals surface area contributed by atoms with Crippen LogP contribution in [0.4, 0.5) is 0 Å². The monoisotopic (exact) mass is 525 g/mol. The minimum absolute atomic E-state index is 0.0241. The maximum absolute atomic E-state index is 13.3. The van der Waals surface area contributed by atoms with Gasteiger partial charge in [0, 0.05) is 42.3 Å². The number of piperidine rings is 1. The van der Waals surface area contributed by atoms with Crippen LogP contribution in [0.15, 0.2) is 72.9 Å². The number of benzene rings is 3. The second-order valence-corrected chi connectivity index (χ2v) is 10.1. The average molecular weight is 526 g/mol. The first-order chi connectivity index (χ1) is 19.1. The number of fused-ring (bicyclic) bond motifs is 1. The molecule has 1 aliphatic rings. The van der Waals surface area contributed by atoms with E-state index in [1.165, 1.54) is 5.56 Å². The lowest BCUT2D eigenvalue weighted by molar-refractivity contribution is 0.0690. The van der Waals surface area contributed by atoms with E-state index in [2.05, 4.69) is 34.6 Å². The van der Waals surface area contributed by atoms with Crippen LogP contribution in [-0.2, 0) is 12.8 Å². The molecule has 3 aromatic carbocycles. The highest BCUT2D eigenvalue weighted by Crippen LogP contribution is 2.28. The lowest BCUT2D eigenvalue weighted by Crippen LogP contribution is -2.38. The van der Waals surface area contributed by atoms with Crippen molar-refractivity contribution < 1.29 is 19.1 Å². The number of carbonyl (C=O) groups excluding carboxylic acids is 2. The third-order valence-electron chi connectivity index (χ3n) is 7.59. The molecule has 7 nitrogen and oxygen atoms in total. The molecular weight excluding hydrogens is 490 g/mol. The molecule has 1 aliphatic heterocycles. The van der Waals surface area contributed by atoms with E-state index in [4.69, 9.17) is 9.47 Å². The highest BCUT2D eigenvalue weighted by Gasteiger charge is 2.24. The van der Waals surface area contributed by atoms with Crippen molar-refractivity contribution in [3.63, 3.8) is 0 Å². The fourth-order valence-electron chi connectivity index (χ4n) is 5.36. The maximum atomic E-state index is 13.3. The van der Waals surface area contributed by atoms with Crippen molar-refractivity contribution in [1.29, 1.82) is 0 Å². The first kappa shape index (κ1) is 26.4. The molecule has 0 spiro atoms. The summed E-state index contributed by atoms with van der Waals surface area (Å²) in [5.74, 6) is 1.78. The highest BCUT2D eigenvalue weighted by molar-refractivity contribution is 6.08. The fourth-order valence-corrected chi connectivity index (χ4v) is 5.36. The number of carbonyl (C=O) groups is 2. The van der Waals surface area contributed by atoms with Crippen LogP contribution in [0, 0.1) is 5.92 Å². The number of rotatable bonds is 9. The number of aromatic nitrogens is 1. The van der Waals surface area contributed by atoms with Crippen molar-refractivity contribution in [1.82, 2.24) is 15.2 Å². The topological polar surface area (TPSA) is 83.7 Å². The molecule has 0 saturated carbocycles. The van der Waals surface area contributed by atoms with Crippen LogP contribution in [0.1, 0.15) is 44.7 Å². The van der Waals surface area contributed by atoms with E-state index in [1.54, 1.807) is 20.4 Å². The van der Waals surface area contributed by atoms with Crippen LogP contribution in [-0.4, -0.2) is 55.6 Å². The van der Waals surface area contributed by atoms with Gasteiger partial charge in [-0.15, -0.1) is 0 Å². The number of hydrogen-bond acceptors (Lipinski definition) is 4. The second-order valence-electron chi connectivity index (χ2n) is 10.1. The van der Waals surface area contributed by atoms with E-state index >= 15 is 0 Å². The zero-order valence-corrected chi connectivity index (χ0v) is 22.5. The summed E-state index contributed by atoms with van der Waals surface area (Å²) in [6.07, 6.45) is 5.42. The lowest BCUT2D eigenvalue weighted by atomic mass is 9.90. The van der Waals surface area contributed by atoms with Gasteiger partial charge in [-0.3, -0.25) is 9.59 Å². The van der Waals surface area contributed by atoms with Gasteiger partial charge in [0.2, 0.25) is 0 Å². The number of H-pyrrole nitrogens is 1. The van der Waals surface area contributed by atoms with Gasteiger partial charge in [0.15, 0.2) is 11.5 Å². The Morgan fingerprint density at radius 3 is 2.44 bits per heavy atom. The molecule has 0 aliphatic carbocycles. The molecule has 0 atom stereocenters. The molecule has 202 valence electrons. The van der Waals surface area contributed by atoms with Gasteiger partial charge in [0.25, 0.3) is 11.8 Å². The number of aromatic amines is 1. The van der Waals surface area contributed by atoms with Crippen LogP contribution in [0.25, 0.3) is 10.9 Å². The van der Waals surface area contributed by atoms with Crippen LogP contribution in [0.5, 0.6) is 11.5 Å². The predicted octanol–water partition coefficient (Wildman–Crippen LogP) is 5.25. The molecule has 2 amide bonds. The normalized spacial score (nSPS) is 13.8. The van der Waals surface area contributed by atoms with E-state index in [0.29, 0.717) is 41.5 Å². The molecule has 1 fully saturated rings. The van der Waals surface area contributed by atoms with E-state index < -0.39 is 0 Å². The van der Waals surface area contributed by atoms with Crippen LogP contribution in [0.3, 0.4) is 0 Å². The van der Waals surface area contributed by atoms with E-state index in [-0.39, 0.29) is 11.8 Å². The minimum atomic E-state index is -0.173. The van der Waals surface area contributed by atoms with Crippen molar-refractivity contribution >= 4 is 22.7 Å². The summed E-state index contributed by atoms with van der Waals surface area (Å²) >= 11 is 0. The fraction of sp³-hybridized carbons (Fsp3) is 0.312. The van der Waals surface area contributed by atoms with E-state index in [1.807, 2.05) is 47.4 Å². The number of amides is 2. The van der Waals surface area contributed by atoms with Crippen molar-refractivity contribution in [3.05, 3.63) is 95.2 Å². The summed E-state index contributed by atoms with van der Waals surface area (Å²) in [6, 6.07) is 21.9. The van der Waals surface area contributed by atoms with Gasteiger partial charge in [-0.05, 0) is 73.1 Å². The standard InChI is InChI=1S/C32H35N3O4/c1-38-29-11-8-23(19-30(29)39-2)12-15-33-31(36)27-21-34-28-10-9-25(20-26(27)28)32(37)35-16-13-24(14-17-35)18-22-6-4-3-5-7-22/h3-11,19-21,24,34H,12-18H2,1-2H3,(H,33,36). The SMILES string of the molecule is COc1ccc(CCNC(=O)c2c[nH]c3ccc(C(=O)N4CCC(Cc5ccccc5)CC4)cc23)cc1OC. The third kappa shape index (κ3) is 6.08. The Hall–Kier alpha value is -4.26. The van der Waals surface area contributed by atoms with Crippen molar-refractivity contribution in [2.24, 2.45) is 5.92 Å². The first-order valence-corrected chi connectivity index (χ1v) is 13.5. The Morgan fingerprint density at radius 2 is 1.69 bits per heavy atom. The number of likely N-dealkylation sites (tertiary alicyclic amines) is 1. The Morgan fingerprint density at radius 1 is 0.923 bits per heavy atom. The molecule has 0 bridgehead atoms. The summed E-state index contributed by atoms with van der Waals surface area (Å²) in [7, 11) is 3.21. The summed E-state index contributed by atoms with van der Waals surface area (Å²) < 4.78 is 10.7. The summed E-state index contributed by atoms with van der Waals surface area (Å²) in [6.45, 7) is 1.98. The number of methoxy groups -OCH3 is 2. The van der Waals surface area contributed by atoms with Crippen molar-refractivity contribution in [3.8, 4) is 11.5 Å². The quantitative estimate of drug-likeness (QED) is 0.313. The maximum Gasteiger partial charge on any atom is 0.253 e. The van der Waals surface area contributed by atoms with Crippen LogP contribution < -0.4 is 14.8 Å². The summed E-state index contributed by atoms with van der Waals surface area (Å²) in [4.78, 5) is 31.5. The molecular formula is C32H35N3O4. The largest absolute Gasteiger partial charge is 0.493 e. The van der Waals surface area contributed by atoms with E-state index in [0.717, 1.165) is 48.8 Å². The van der Waals surface area contributed by atoms with Gasteiger partial charge in [0.1, 0.15) is 0 Å². The minimum Gasteiger partial charge on any atom is -0.493 e. The zero-order chi connectivity index (χ0) is 27.2. The Labute approximate surface area is 229 Å². The molecule has 7 heteroatoms. The third-order valence-corrected chi connectivity index (χ3v) is 7.59. The Bertz CT molecular complexity index is 1440. The predicted molar refractivity (Wildman–Crippen MR) is 153 cm³/mol. The molecule has 2 heterocycles. The van der Waals surface area contributed by atoms with Crippen molar-refractivity contribution in [2.45, 2.75) is 25.7 Å². The summed E-state index contributed by atoms with van der Waals surface area (Å²) in [5.41, 5.74) is 4.37. The molecule has 0 radical (unpaired) electrons. The second kappa shape index (κ2) is 12.1. The molecule has 5 rings (SSSR count). The van der Waals surface area contributed by atoms with Crippen LogP contribution >= 0.6 is 0 Å². The summed E-state index contributed by atoms with van der Waals surface area (Å²) in [5, 5.41) is 3.76. The van der Waals surface area contributed by atoms with Crippen molar-refractivity contribution in [2.75, 3.05) is 33.9 Å². The average Bonchev–Trinajstić information content (AvgIpc) is 3.41. The van der Waals surface area contributed by atoms with Gasteiger partial charge < -0.3 is 24.7 Å². The Balaban J connectivity index is 1.19. The number of nitrogens with one attached hydrogen (secondary N) is 2. The molecule has 39 heavy (non-hydrogen) atoms. The zero-order valence-electron chi connectivity index (χ0n) is 22.5. The Kier molecular flexibility index (Phi) is 8.16. The smallest absolute Gasteiger partial charge is 0.253 e. The number of nitrogens with zero attached hydrogens (tertiary/aromatic N) is 1. The molecule has 0 unspecified atom stereocenters. The molecule has 1 saturated heterocycles. The lowest BCUT2D eigenvalue weighted by Gasteiger charge is -2.32. The number of ether oxygens (including phenoxy) is 2. The van der Waals surface area contributed by atoms with E-state index in [9.17, 15) is 9.59 Å².